The smallest absolute Gasteiger partial charge is 0.417 e. The van der Waals surface area contributed by atoms with E-state index < -0.39 is 58.3 Å². The average Bonchev–Trinajstić information content (AvgIpc) is 3.98. The quantitative estimate of drug-likeness (QED) is 0.0572. The van der Waals surface area contributed by atoms with E-state index in [1.807, 2.05) is 52.0 Å². The van der Waals surface area contributed by atoms with E-state index in [9.17, 15) is 42.7 Å². The SMILES string of the molecule is Cc1ncsc1-c1ccc(CNC(=O)[C@@H]2C[C@@H](O)CN2C(=O)C(NC(=O)CCCCOCCCCCOc2ccc(N3C(=S)N(c4ccc(C#N)c(C(F)(F)F)c4)C(=O)C3(C)C)cc2)C(C)(C)C)cc1. The number of nitrogens with zero attached hydrogens (tertiary/aromatic N) is 5. The summed E-state index contributed by atoms with van der Waals surface area (Å²) >= 11 is 7.19. The van der Waals surface area contributed by atoms with Crippen LogP contribution in [0, 0.1) is 23.7 Å². The lowest BCUT2D eigenvalue weighted by Gasteiger charge is -2.35. The summed E-state index contributed by atoms with van der Waals surface area (Å²) < 4.78 is 52.8. The summed E-state index contributed by atoms with van der Waals surface area (Å²) in [7, 11) is 0. The highest BCUT2D eigenvalue weighted by molar-refractivity contribution is 7.81. The van der Waals surface area contributed by atoms with E-state index in [-0.39, 0.29) is 48.5 Å². The number of hydrogen-bond donors (Lipinski definition) is 3. The Hall–Kier alpha value is -5.94. The van der Waals surface area contributed by atoms with Gasteiger partial charge in [0.25, 0.3) is 5.91 Å². The van der Waals surface area contributed by atoms with Gasteiger partial charge in [-0.15, -0.1) is 11.3 Å². The molecule has 0 aliphatic carbocycles. The number of nitrogens with one attached hydrogen (secondary N) is 2. The topological polar surface area (TPSA) is 177 Å². The molecule has 14 nitrogen and oxygen atoms in total. The zero-order valence-electron chi connectivity index (χ0n) is 40.2. The molecule has 3 atom stereocenters. The van der Waals surface area contributed by atoms with Crippen molar-refractivity contribution in [2.45, 2.75) is 123 Å². The Morgan fingerprint density at radius 3 is 2.26 bits per heavy atom. The van der Waals surface area contributed by atoms with Gasteiger partial charge in [0.15, 0.2) is 5.11 Å². The molecule has 3 aromatic carbocycles. The first-order chi connectivity index (χ1) is 33.1. The number of thiazole rings is 1. The molecule has 4 aromatic rings. The van der Waals surface area contributed by atoms with Crippen molar-refractivity contribution in [3.8, 4) is 22.3 Å². The molecule has 2 saturated heterocycles. The van der Waals surface area contributed by atoms with Crippen LogP contribution in [-0.2, 0) is 36.6 Å². The van der Waals surface area contributed by atoms with Crippen LogP contribution in [-0.4, -0.2) is 93.8 Å². The maximum atomic E-state index is 14.0. The highest BCUT2D eigenvalue weighted by atomic mass is 32.1. The number of β-amino-alcohol motifs (C(OH)–C–C–N with tert-alkyl or cyclic N) is 1. The van der Waals surface area contributed by atoms with Crippen molar-refractivity contribution >= 4 is 63.7 Å². The van der Waals surface area contributed by atoms with Crippen LogP contribution in [0.15, 0.2) is 72.2 Å². The van der Waals surface area contributed by atoms with Gasteiger partial charge in [-0.25, -0.2) is 4.98 Å². The number of likely N-dealkylation sites (tertiary alicyclic amines) is 1. The van der Waals surface area contributed by atoms with E-state index in [0.29, 0.717) is 44.1 Å². The van der Waals surface area contributed by atoms with Gasteiger partial charge in [-0.1, -0.05) is 45.0 Å². The molecule has 0 bridgehead atoms. The number of anilines is 2. The highest BCUT2D eigenvalue weighted by Gasteiger charge is 2.51. The fraction of sp³-hybridized carbons (Fsp3) is 0.471. The Morgan fingerprint density at radius 1 is 0.971 bits per heavy atom. The minimum Gasteiger partial charge on any atom is -0.494 e. The molecule has 2 aliphatic heterocycles. The normalized spacial score (nSPS) is 17.4. The first-order valence-corrected chi connectivity index (χ1v) is 24.6. The van der Waals surface area contributed by atoms with Crippen LogP contribution in [0.25, 0.3) is 10.4 Å². The third kappa shape index (κ3) is 12.9. The molecule has 374 valence electrons. The molecule has 3 N–H and O–H groups in total. The van der Waals surface area contributed by atoms with Gasteiger partial charge < -0.3 is 35.0 Å². The number of carbonyl (C=O) groups is 4. The highest BCUT2D eigenvalue weighted by Crippen LogP contribution is 2.40. The molecule has 19 heteroatoms. The first kappa shape index (κ1) is 53.4. The number of nitriles is 1. The van der Waals surface area contributed by atoms with Crippen LogP contribution in [0.4, 0.5) is 24.5 Å². The molecule has 6 rings (SSSR count). The van der Waals surface area contributed by atoms with Gasteiger partial charge >= 0.3 is 6.18 Å². The number of thiocarbonyl (C=S) groups is 1. The number of halogens is 3. The molecule has 0 saturated carbocycles. The number of hydrogen-bond acceptors (Lipinski definition) is 11. The van der Waals surface area contributed by atoms with Gasteiger partial charge in [0.2, 0.25) is 17.7 Å². The monoisotopic (exact) mass is 1000 g/mol. The van der Waals surface area contributed by atoms with Gasteiger partial charge in [-0.3, -0.25) is 24.1 Å². The Balaban J connectivity index is 0.867. The van der Waals surface area contributed by atoms with Gasteiger partial charge in [0, 0.05) is 44.8 Å². The fourth-order valence-corrected chi connectivity index (χ4v) is 9.76. The second kappa shape index (κ2) is 22.9. The van der Waals surface area contributed by atoms with Crippen LogP contribution < -0.4 is 25.2 Å². The van der Waals surface area contributed by atoms with E-state index in [0.717, 1.165) is 58.0 Å². The molecule has 4 amide bonds. The average molecular weight is 1000 g/mol. The molecule has 0 spiro atoms. The van der Waals surface area contributed by atoms with Gasteiger partial charge in [-0.2, -0.15) is 18.4 Å². The molecule has 0 radical (unpaired) electrons. The summed E-state index contributed by atoms with van der Waals surface area (Å²) in [6.07, 6.45) is -1.75. The zero-order chi connectivity index (χ0) is 51.0. The Morgan fingerprint density at radius 2 is 1.63 bits per heavy atom. The summed E-state index contributed by atoms with van der Waals surface area (Å²) in [6, 6.07) is 17.6. The maximum absolute atomic E-state index is 14.0. The number of aliphatic hydroxyl groups excluding tert-OH is 1. The molecule has 1 unspecified atom stereocenters. The third-order valence-electron chi connectivity index (χ3n) is 12.3. The van der Waals surface area contributed by atoms with Gasteiger partial charge in [0.1, 0.15) is 23.4 Å². The van der Waals surface area contributed by atoms with Crippen molar-refractivity contribution in [1.29, 1.82) is 5.26 Å². The lowest BCUT2D eigenvalue weighted by Crippen LogP contribution is -2.57. The van der Waals surface area contributed by atoms with E-state index in [4.69, 9.17) is 21.7 Å². The molecular weight excluding hydrogens is 944 g/mol. The summed E-state index contributed by atoms with van der Waals surface area (Å²) in [6.45, 7) is 12.5. The van der Waals surface area contributed by atoms with Crippen LogP contribution >= 0.6 is 23.6 Å². The molecule has 3 heterocycles. The zero-order valence-corrected chi connectivity index (χ0v) is 41.9. The predicted molar refractivity (Wildman–Crippen MR) is 265 cm³/mol. The molecule has 1 aromatic heterocycles. The second-order valence-corrected chi connectivity index (χ2v) is 20.3. The third-order valence-corrected chi connectivity index (χ3v) is 13.6. The number of amides is 4. The first-order valence-electron chi connectivity index (χ1n) is 23.3. The second-order valence-electron chi connectivity index (χ2n) is 19.1. The Labute approximate surface area is 416 Å². The summed E-state index contributed by atoms with van der Waals surface area (Å²) in [5.74, 6) is -0.982. The number of ether oxygens (including phenoxy) is 2. The number of aromatic nitrogens is 1. The van der Waals surface area contributed by atoms with Crippen molar-refractivity contribution in [3.63, 3.8) is 0 Å². The van der Waals surface area contributed by atoms with Crippen LogP contribution in [0.5, 0.6) is 5.75 Å². The van der Waals surface area contributed by atoms with E-state index >= 15 is 0 Å². The Kier molecular flexibility index (Phi) is 17.4. The van der Waals surface area contributed by atoms with Crippen molar-refractivity contribution in [2.24, 2.45) is 5.41 Å². The number of rotatable bonds is 20. The minimum atomic E-state index is -4.80. The van der Waals surface area contributed by atoms with E-state index in [1.165, 1.54) is 11.0 Å². The minimum absolute atomic E-state index is 0.00303. The number of alkyl halides is 3. The number of aliphatic hydroxyl groups is 1. The Bertz CT molecular complexity index is 2560. The number of unbranched alkanes of at least 4 members (excludes halogenated alkanes) is 3. The van der Waals surface area contributed by atoms with Crippen LogP contribution in [0.2, 0.25) is 0 Å². The fourth-order valence-electron chi connectivity index (χ4n) is 8.43. The lowest BCUT2D eigenvalue weighted by atomic mass is 9.85. The maximum Gasteiger partial charge on any atom is 0.417 e. The summed E-state index contributed by atoms with van der Waals surface area (Å²) in [5, 5.41) is 25.6. The largest absolute Gasteiger partial charge is 0.494 e. The van der Waals surface area contributed by atoms with Gasteiger partial charge in [-0.05, 0) is 124 Å². The van der Waals surface area contributed by atoms with Crippen molar-refractivity contribution in [2.75, 3.05) is 36.2 Å². The predicted octanol–water partition coefficient (Wildman–Crippen LogP) is 8.47. The van der Waals surface area contributed by atoms with Crippen molar-refractivity contribution in [3.05, 3.63) is 94.6 Å². The number of carbonyl (C=O) groups excluding carboxylic acids is 4. The summed E-state index contributed by atoms with van der Waals surface area (Å²) in [4.78, 5) is 63.5. The van der Waals surface area contributed by atoms with Crippen molar-refractivity contribution in [1.82, 2.24) is 20.5 Å². The van der Waals surface area contributed by atoms with Gasteiger partial charge in [0.05, 0.1) is 51.7 Å². The van der Waals surface area contributed by atoms with E-state index in [1.54, 1.807) is 65.9 Å². The van der Waals surface area contributed by atoms with Crippen molar-refractivity contribution < 1.29 is 46.9 Å². The van der Waals surface area contributed by atoms with Crippen LogP contribution in [0.3, 0.4) is 0 Å². The standard InChI is InChI=1S/C51H60F3N7O7S2/c1-32-43(70-31-57-32)34-15-13-33(14-16-34)29-56-45(64)41-27-38(62)30-59(41)46(65)44(49(2,3)4)58-42(63)12-8-11-24-67-23-9-7-10-25-68-39-21-19-36(20-22-39)61-48(69)60(47(66)50(61,5)6)37-18-17-35(28-55)40(26-37)51(52,53)54/h13-22,26,31,38,41,44,62H,7-12,23-25,27,29-30H2,1-6H3,(H,56,64)(H,58,63)/t38-,41+,44?/m1/s1. The molecule has 2 fully saturated rings. The molecule has 70 heavy (non-hydrogen) atoms. The molecule has 2 aliphatic rings. The lowest BCUT2D eigenvalue weighted by molar-refractivity contribution is -0.144. The molecular formula is C51H60F3N7O7S2. The van der Waals surface area contributed by atoms with E-state index in [2.05, 4.69) is 15.6 Å². The summed E-state index contributed by atoms with van der Waals surface area (Å²) in [5.41, 5.74) is 1.58. The van der Waals surface area contributed by atoms with Crippen LogP contribution in [0.1, 0.15) is 102 Å². The number of aryl methyl sites for hydroxylation is 1. The number of benzene rings is 3.